The molecule has 12 heteroatoms. The minimum atomic E-state index is -2.21. The van der Waals surface area contributed by atoms with Gasteiger partial charge in [0.2, 0.25) is 0 Å². The SMILES string of the molecule is O=CS[C@H](NC(=O)N[C@@H](OC(=O)O)C(=O)O)C(=O)O. The Balaban J connectivity index is 4.55. The third-order valence-corrected chi connectivity index (χ3v) is 2.09. The van der Waals surface area contributed by atoms with Crippen LogP contribution in [0.25, 0.3) is 0 Å². The zero-order valence-electron chi connectivity index (χ0n) is 8.93. The van der Waals surface area contributed by atoms with Crippen molar-refractivity contribution >= 4 is 41.5 Å². The topological polar surface area (TPSA) is 179 Å². The van der Waals surface area contributed by atoms with Gasteiger partial charge >= 0.3 is 24.1 Å². The number of amides is 2. The first-order chi connectivity index (χ1) is 8.77. The third-order valence-electron chi connectivity index (χ3n) is 1.38. The lowest BCUT2D eigenvalue weighted by atomic mass is 10.5. The first kappa shape index (κ1) is 16.5. The molecule has 0 bridgehead atoms. The molecule has 106 valence electrons. The van der Waals surface area contributed by atoms with E-state index < -0.39 is 35.7 Å². The largest absolute Gasteiger partial charge is 0.508 e. The van der Waals surface area contributed by atoms with Crippen molar-refractivity contribution in [1.82, 2.24) is 10.6 Å². The first-order valence-corrected chi connectivity index (χ1v) is 5.23. The maximum atomic E-state index is 11.2. The summed E-state index contributed by atoms with van der Waals surface area (Å²) in [6.07, 6.45) is -4.17. The number of ether oxygens (including phenoxy) is 1. The summed E-state index contributed by atoms with van der Waals surface area (Å²) in [5.74, 6) is -3.37. The molecule has 0 rings (SSSR count). The highest BCUT2D eigenvalue weighted by atomic mass is 32.2. The molecule has 0 saturated carbocycles. The Morgan fingerprint density at radius 2 is 1.63 bits per heavy atom. The standard InChI is InChI=1S/C7H8N2O9S/c10-1-19-3(5(13)14)9-6(15)8-2(4(11)12)18-7(16)17/h1-3H,(H,11,12)(H,13,14)(H,16,17)(H2,8,9,15)/t2-,3-/m0/s1. The molecule has 0 unspecified atom stereocenters. The molecule has 0 spiro atoms. The van der Waals surface area contributed by atoms with E-state index in [1.54, 1.807) is 10.6 Å². The molecule has 0 radical (unpaired) electrons. The summed E-state index contributed by atoms with van der Waals surface area (Å²) in [6.45, 7) is 0. The molecule has 0 saturated heterocycles. The molecule has 0 aromatic carbocycles. The third kappa shape index (κ3) is 6.72. The highest BCUT2D eigenvalue weighted by Gasteiger charge is 2.27. The average molecular weight is 296 g/mol. The Morgan fingerprint density at radius 1 is 1.05 bits per heavy atom. The van der Waals surface area contributed by atoms with Crippen molar-refractivity contribution in [3.05, 3.63) is 0 Å². The van der Waals surface area contributed by atoms with E-state index in [9.17, 15) is 24.0 Å². The maximum Gasteiger partial charge on any atom is 0.508 e. The van der Waals surface area contributed by atoms with E-state index >= 15 is 0 Å². The number of hydrogen-bond donors (Lipinski definition) is 5. The summed E-state index contributed by atoms with van der Waals surface area (Å²) >= 11 is 0.206. The maximum absolute atomic E-state index is 11.2. The zero-order chi connectivity index (χ0) is 15.0. The summed E-state index contributed by atoms with van der Waals surface area (Å²) in [7, 11) is 0. The molecule has 0 aromatic heterocycles. The van der Waals surface area contributed by atoms with Crippen LogP contribution in [0.3, 0.4) is 0 Å². The summed E-state index contributed by atoms with van der Waals surface area (Å²) in [5.41, 5.74) is 0.154. The number of carboxylic acid groups (broad SMARTS) is 3. The van der Waals surface area contributed by atoms with Crippen LogP contribution in [0.2, 0.25) is 0 Å². The zero-order valence-corrected chi connectivity index (χ0v) is 9.75. The molecular weight excluding hydrogens is 288 g/mol. The number of carboxylic acids is 2. The molecule has 19 heavy (non-hydrogen) atoms. The number of urea groups is 1. The lowest BCUT2D eigenvalue weighted by molar-refractivity contribution is -0.149. The number of aliphatic carboxylic acids is 2. The van der Waals surface area contributed by atoms with Gasteiger partial charge in [-0.1, -0.05) is 11.8 Å². The van der Waals surface area contributed by atoms with Gasteiger partial charge in [0.15, 0.2) is 11.0 Å². The first-order valence-electron chi connectivity index (χ1n) is 4.29. The van der Waals surface area contributed by atoms with Gasteiger partial charge in [-0.3, -0.25) is 10.1 Å². The van der Waals surface area contributed by atoms with Crippen LogP contribution in [0.5, 0.6) is 0 Å². The second kappa shape index (κ2) is 7.75. The Bertz CT molecular complexity index is 398. The summed E-state index contributed by atoms with van der Waals surface area (Å²) < 4.78 is 3.81. The molecular formula is C7H8N2O9S. The highest BCUT2D eigenvalue weighted by Crippen LogP contribution is 2.03. The van der Waals surface area contributed by atoms with Crippen molar-refractivity contribution in [2.75, 3.05) is 0 Å². The molecule has 0 aromatic rings. The molecule has 0 heterocycles. The fourth-order valence-electron chi connectivity index (χ4n) is 0.732. The van der Waals surface area contributed by atoms with Gasteiger partial charge in [0.05, 0.1) is 0 Å². The van der Waals surface area contributed by atoms with Gasteiger partial charge in [-0.15, -0.1) is 0 Å². The van der Waals surface area contributed by atoms with E-state index in [1.807, 2.05) is 0 Å². The summed E-state index contributed by atoms with van der Waals surface area (Å²) in [6, 6.07) is -1.34. The molecule has 0 aliphatic rings. The highest BCUT2D eigenvalue weighted by molar-refractivity contribution is 8.12. The van der Waals surface area contributed by atoms with Gasteiger partial charge in [0.25, 0.3) is 6.23 Å². The van der Waals surface area contributed by atoms with Crippen molar-refractivity contribution in [2.45, 2.75) is 11.6 Å². The molecule has 2 atom stereocenters. The number of carbonyl (C=O) groups is 5. The van der Waals surface area contributed by atoms with Crippen molar-refractivity contribution in [1.29, 1.82) is 0 Å². The molecule has 0 aliphatic heterocycles. The minimum Gasteiger partial charge on any atom is -0.479 e. The molecule has 11 nitrogen and oxygen atoms in total. The van der Waals surface area contributed by atoms with Crippen molar-refractivity contribution < 1.29 is 44.0 Å². The second-order valence-corrected chi connectivity index (χ2v) is 3.61. The molecule has 5 N–H and O–H groups in total. The van der Waals surface area contributed by atoms with Crippen molar-refractivity contribution in [3.63, 3.8) is 0 Å². The summed E-state index contributed by atoms with van der Waals surface area (Å²) in [4.78, 5) is 52.5. The number of rotatable bonds is 7. The average Bonchev–Trinajstić information content (AvgIpc) is 2.26. The lowest BCUT2D eigenvalue weighted by Crippen LogP contribution is -2.51. The Labute approximate surface area is 108 Å². The van der Waals surface area contributed by atoms with Gasteiger partial charge in [-0.2, -0.15) is 0 Å². The van der Waals surface area contributed by atoms with E-state index in [2.05, 4.69) is 4.74 Å². The van der Waals surface area contributed by atoms with Crippen molar-refractivity contribution in [3.8, 4) is 0 Å². The number of nitrogens with one attached hydrogen (secondary N) is 2. The normalized spacial score (nSPS) is 12.6. The second-order valence-electron chi connectivity index (χ2n) is 2.67. The molecule has 0 fully saturated rings. The van der Waals surface area contributed by atoms with E-state index in [0.29, 0.717) is 0 Å². The van der Waals surface area contributed by atoms with E-state index in [-0.39, 0.29) is 17.4 Å². The fourth-order valence-corrected chi connectivity index (χ4v) is 1.13. The number of thioether (sulfide) groups is 1. The van der Waals surface area contributed by atoms with Gasteiger partial charge in [0.1, 0.15) is 0 Å². The Morgan fingerprint density at radius 3 is 2.00 bits per heavy atom. The number of hydrogen-bond acceptors (Lipinski definition) is 7. The van der Waals surface area contributed by atoms with Crippen LogP contribution in [0.4, 0.5) is 9.59 Å². The van der Waals surface area contributed by atoms with Gasteiger partial charge in [0, 0.05) is 0 Å². The predicted octanol–water partition coefficient (Wildman–Crippen LogP) is -1.27. The van der Waals surface area contributed by atoms with E-state index in [0.717, 1.165) is 0 Å². The van der Waals surface area contributed by atoms with Crippen LogP contribution >= 0.6 is 11.8 Å². The monoisotopic (exact) mass is 296 g/mol. The minimum absolute atomic E-state index is 0.154. The van der Waals surface area contributed by atoms with Crippen LogP contribution in [0.1, 0.15) is 0 Å². The lowest BCUT2D eigenvalue weighted by Gasteiger charge is -2.16. The van der Waals surface area contributed by atoms with E-state index in [1.165, 1.54) is 0 Å². The van der Waals surface area contributed by atoms with Crippen LogP contribution < -0.4 is 10.6 Å². The van der Waals surface area contributed by atoms with Gasteiger partial charge in [-0.05, 0) is 0 Å². The number of carbonyl (C=O) groups excluding carboxylic acids is 2. The quantitative estimate of drug-likeness (QED) is 0.216. The van der Waals surface area contributed by atoms with Gasteiger partial charge in [-0.25, -0.2) is 19.2 Å². The van der Waals surface area contributed by atoms with E-state index in [4.69, 9.17) is 15.3 Å². The van der Waals surface area contributed by atoms with Crippen LogP contribution in [-0.2, 0) is 19.1 Å². The van der Waals surface area contributed by atoms with Crippen LogP contribution in [0, 0.1) is 0 Å². The molecule has 2 amide bonds. The van der Waals surface area contributed by atoms with Crippen molar-refractivity contribution in [2.24, 2.45) is 0 Å². The predicted molar refractivity (Wildman–Crippen MR) is 58.0 cm³/mol. The van der Waals surface area contributed by atoms with Crippen LogP contribution in [0.15, 0.2) is 0 Å². The Kier molecular flexibility index (Phi) is 6.73. The van der Waals surface area contributed by atoms with Crippen LogP contribution in [-0.4, -0.2) is 56.7 Å². The fraction of sp³-hybridized carbons (Fsp3) is 0.286. The van der Waals surface area contributed by atoms with Gasteiger partial charge < -0.3 is 25.4 Å². The smallest absolute Gasteiger partial charge is 0.479 e. The summed E-state index contributed by atoms with van der Waals surface area (Å²) in [5, 5.41) is 26.9. The molecule has 0 aliphatic carbocycles. The Hall–Kier alpha value is -2.50.